The van der Waals surface area contributed by atoms with Crippen LogP contribution in [0.25, 0.3) is 6.08 Å². The van der Waals surface area contributed by atoms with Gasteiger partial charge in [-0.25, -0.2) is 9.59 Å². The van der Waals surface area contributed by atoms with Gasteiger partial charge in [0.15, 0.2) is 18.1 Å². The first-order valence-corrected chi connectivity index (χ1v) is 7.84. The molecule has 0 aliphatic carbocycles. The topological polar surface area (TPSA) is 103 Å². The van der Waals surface area contributed by atoms with Crippen molar-refractivity contribution in [3.8, 4) is 11.5 Å². The van der Waals surface area contributed by atoms with Crippen molar-refractivity contribution >= 4 is 24.0 Å². The summed E-state index contributed by atoms with van der Waals surface area (Å²) in [6.45, 7) is 5.43. The number of amides is 3. The highest BCUT2D eigenvalue weighted by Gasteiger charge is 2.09. The number of nitrogens with one attached hydrogen (secondary N) is 2. The summed E-state index contributed by atoms with van der Waals surface area (Å²) < 4.78 is 15.4. The molecule has 1 rings (SSSR count). The second kappa shape index (κ2) is 11.3. The van der Waals surface area contributed by atoms with E-state index in [1.807, 2.05) is 12.2 Å². The minimum absolute atomic E-state index is 0.215. The molecule has 8 heteroatoms. The highest BCUT2D eigenvalue weighted by Crippen LogP contribution is 2.28. The Labute approximate surface area is 151 Å². The SMILES string of the molecule is C=CCNC(=O)NC(=O)COC(=O)/C=C/c1ccc(OCC)c(OC)c1. The van der Waals surface area contributed by atoms with Crippen LogP contribution < -0.4 is 20.1 Å². The number of methoxy groups -OCH3 is 1. The lowest BCUT2D eigenvalue weighted by Gasteiger charge is -2.09. The van der Waals surface area contributed by atoms with Crippen LogP contribution in [-0.2, 0) is 14.3 Å². The second-order valence-electron chi connectivity index (χ2n) is 4.83. The van der Waals surface area contributed by atoms with Crippen molar-refractivity contribution in [2.45, 2.75) is 6.92 Å². The van der Waals surface area contributed by atoms with Gasteiger partial charge in [0.05, 0.1) is 13.7 Å². The van der Waals surface area contributed by atoms with Crippen LogP contribution in [0.2, 0.25) is 0 Å². The minimum atomic E-state index is -0.740. The fourth-order valence-corrected chi connectivity index (χ4v) is 1.78. The summed E-state index contributed by atoms with van der Waals surface area (Å²) in [6.07, 6.45) is 4.14. The van der Waals surface area contributed by atoms with Crippen LogP contribution in [-0.4, -0.2) is 44.8 Å². The number of hydrogen-bond donors (Lipinski definition) is 2. The number of urea groups is 1. The van der Waals surface area contributed by atoms with Gasteiger partial charge in [0.1, 0.15) is 0 Å². The molecule has 1 aromatic carbocycles. The highest BCUT2D eigenvalue weighted by atomic mass is 16.5. The summed E-state index contributed by atoms with van der Waals surface area (Å²) in [4.78, 5) is 34.3. The molecule has 0 atom stereocenters. The standard InChI is InChI=1S/C18H22N2O6/c1-4-10-19-18(23)20-16(21)12-26-17(22)9-7-13-6-8-14(25-5-2)15(11-13)24-3/h4,6-9,11H,1,5,10,12H2,2-3H3,(H2,19,20,21,23)/b9-7+. The molecule has 0 radical (unpaired) electrons. The van der Waals surface area contributed by atoms with Gasteiger partial charge in [-0.3, -0.25) is 10.1 Å². The van der Waals surface area contributed by atoms with Gasteiger partial charge in [0.2, 0.25) is 0 Å². The van der Waals surface area contributed by atoms with Gasteiger partial charge in [0, 0.05) is 12.6 Å². The van der Waals surface area contributed by atoms with E-state index >= 15 is 0 Å². The zero-order valence-corrected chi connectivity index (χ0v) is 14.7. The van der Waals surface area contributed by atoms with E-state index in [-0.39, 0.29) is 6.54 Å². The fraction of sp³-hybridized carbons (Fsp3) is 0.278. The molecule has 0 saturated carbocycles. The third-order valence-electron chi connectivity index (χ3n) is 2.90. The first-order chi connectivity index (χ1) is 12.5. The molecule has 0 aliphatic heterocycles. The summed E-state index contributed by atoms with van der Waals surface area (Å²) in [5.41, 5.74) is 0.690. The maximum atomic E-state index is 11.6. The van der Waals surface area contributed by atoms with Gasteiger partial charge in [-0.2, -0.15) is 0 Å². The van der Waals surface area contributed by atoms with Gasteiger partial charge in [-0.1, -0.05) is 12.1 Å². The molecule has 0 spiro atoms. The molecule has 26 heavy (non-hydrogen) atoms. The van der Waals surface area contributed by atoms with Crippen LogP contribution in [0.4, 0.5) is 4.79 Å². The van der Waals surface area contributed by atoms with Crippen molar-refractivity contribution < 1.29 is 28.6 Å². The number of carbonyl (C=O) groups excluding carboxylic acids is 3. The van der Waals surface area contributed by atoms with Crippen LogP contribution >= 0.6 is 0 Å². The third-order valence-corrected chi connectivity index (χ3v) is 2.90. The summed E-state index contributed by atoms with van der Waals surface area (Å²) in [5, 5.41) is 4.36. The van der Waals surface area contributed by atoms with Crippen LogP contribution in [0.3, 0.4) is 0 Å². The highest BCUT2D eigenvalue weighted by molar-refractivity contribution is 5.96. The molecule has 0 unspecified atom stereocenters. The third kappa shape index (κ3) is 7.52. The van der Waals surface area contributed by atoms with Crippen molar-refractivity contribution in [3.63, 3.8) is 0 Å². The summed E-state index contributed by atoms with van der Waals surface area (Å²) in [7, 11) is 1.52. The lowest BCUT2D eigenvalue weighted by molar-refractivity contribution is -0.143. The molecule has 0 bridgehead atoms. The molecule has 0 heterocycles. The predicted molar refractivity (Wildman–Crippen MR) is 95.9 cm³/mol. The van der Waals surface area contributed by atoms with Crippen molar-refractivity contribution in [2.24, 2.45) is 0 Å². The Kier molecular flexibility index (Phi) is 9.02. The number of ether oxygens (including phenoxy) is 3. The molecule has 0 aromatic heterocycles. The Morgan fingerprint density at radius 2 is 2.00 bits per heavy atom. The number of imide groups is 1. The molecule has 0 fully saturated rings. The van der Waals surface area contributed by atoms with Crippen molar-refractivity contribution in [2.75, 3.05) is 26.9 Å². The predicted octanol–water partition coefficient (Wildman–Crippen LogP) is 1.66. The van der Waals surface area contributed by atoms with Crippen LogP contribution in [0.1, 0.15) is 12.5 Å². The van der Waals surface area contributed by atoms with E-state index in [2.05, 4.69) is 11.9 Å². The summed E-state index contributed by atoms with van der Waals surface area (Å²) in [5.74, 6) is -0.330. The first kappa shape index (κ1) is 20.8. The number of hydrogen-bond acceptors (Lipinski definition) is 6. The number of rotatable bonds is 9. The average Bonchev–Trinajstić information content (AvgIpc) is 2.64. The van der Waals surface area contributed by atoms with E-state index in [1.54, 1.807) is 18.2 Å². The van der Waals surface area contributed by atoms with E-state index in [0.717, 1.165) is 0 Å². The molecule has 0 saturated heterocycles. The van der Waals surface area contributed by atoms with E-state index in [9.17, 15) is 14.4 Å². The van der Waals surface area contributed by atoms with E-state index in [1.165, 1.54) is 25.3 Å². The van der Waals surface area contributed by atoms with Crippen LogP contribution in [0.15, 0.2) is 36.9 Å². The summed E-state index contributed by atoms with van der Waals surface area (Å²) in [6, 6.07) is 4.48. The molecule has 1 aromatic rings. The number of benzene rings is 1. The van der Waals surface area contributed by atoms with E-state index in [0.29, 0.717) is 23.7 Å². The normalized spacial score (nSPS) is 10.1. The van der Waals surface area contributed by atoms with E-state index in [4.69, 9.17) is 14.2 Å². The molecule has 2 N–H and O–H groups in total. The zero-order chi connectivity index (χ0) is 19.4. The lowest BCUT2D eigenvalue weighted by Crippen LogP contribution is -2.41. The van der Waals surface area contributed by atoms with Crippen molar-refractivity contribution in [1.82, 2.24) is 10.6 Å². The van der Waals surface area contributed by atoms with E-state index < -0.39 is 24.5 Å². The summed E-state index contributed by atoms with van der Waals surface area (Å²) >= 11 is 0. The van der Waals surface area contributed by atoms with Crippen LogP contribution in [0.5, 0.6) is 11.5 Å². The molecule has 3 amide bonds. The Morgan fingerprint density at radius 1 is 1.23 bits per heavy atom. The quantitative estimate of drug-likeness (QED) is 0.393. The van der Waals surface area contributed by atoms with Gasteiger partial charge < -0.3 is 19.5 Å². The van der Waals surface area contributed by atoms with Crippen LogP contribution in [0, 0.1) is 0 Å². The fourth-order valence-electron chi connectivity index (χ4n) is 1.78. The number of carbonyl (C=O) groups is 3. The lowest BCUT2D eigenvalue weighted by atomic mass is 10.2. The Bertz CT molecular complexity index is 684. The Hall–Kier alpha value is -3.29. The maximum absolute atomic E-state index is 11.6. The molecule has 0 aliphatic rings. The average molecular weight is 362 g/mol. The molecular weight excluding hydrogens is 340 g/mol. The minimum Gasteiger partial charge on any atom is -0.493 e. The first-order valence-electron chi connectivity index (χ1n) is 7.84. The Morgan fingerprint density at radius 3 is 2.65 bits per heavy atom. The molecular formula is C18H22N2O6. The van der Waals surface area contributed by atoms with Crippen molar-refractivity contribution in [3.05, 3.63) is 42.5 Å². The van der Waals surface area contributed by atoms with Gasteiger partial charge in [-0.05, 0) is 30.7 Å². The smallest absolute Gasteiger partial charge is 0.331 e. The van der Waals surface area contributed by atoms with Gasteiger partial charge in [-0.15, -0.1) is 6.58 Å². The molecule has 8 nitrogen and oxygen atoms in total. The second-order valence-corrected chi connectivity index (χ2v) is 4.83. The monoisotopic (exact) mass is 362 g/mol. The van der Waals surface area contributed by atoms with Gasteiger partial charge in [0.25, 0.3) is 5.91 Å². The number of esters is 1. The molecule has 140 valence electrons. The largest absolute Gasteiger partial charge is 0.493 e. The van der Waals surface area contributed by atoms with Gasteiger partial charge >= 0.3 is 12.0 Å². The van der Waals surface area contributed by atoms with Crippen molar-refractivity contribution in [1.29, 1.82) is 0 Å². The Balaban J connectivity index is 2.50. The zero-order valence-electron chi connectivity index (χ0n) is 14.7. The maximum Gasteiger partial charge on any atom is 0.331 e.